The molecule has 1 fully saturated rings. The average molecular weight is 390 g/mol. The van der Waals surface area contributed by atoms with Crippen molar-refractivity contribution in [1.82, 2.24) is 4.90 Å². The Morgan fingerprint density at radius 3 is 2.59 bits per heavy atom. The van der Waals surface area contributed by atoms with E-state index in [1.165, 1.54) is 0 Å². The van der Waals surface area contributed by atoms with Crippen LogP contribution < -0.4 is 4.74 Å². The minimum absolute atomic E-state index is 0.0665. The smallest absolute Gasteiger partial charge is 0.260 e. The second-order valence-electron chi connectivity index (χ2n) is 5.39. The van der Waals surface area contributed by atoms with E-state index in [0.29, 0.717) is 18.7 Å². The van der Waals surface area contributed by atoms with Gasteiger partial charge in [-0.3, -0.25) is 4.79 Å². The summed E-state index contributed by atoms with van der Waals surface area (Å²) in [4.78, 5) is 14.0. The van der Waals surface area contributed by atoms with Crippen molar-refractivity contribution in [2.24, 2.45) is 0 Å². The first kappa shape index (κ1) is 17.3. The molecule has 0 radical (unpaired) electrons. The molecule has 0 saturated carbocycles. The van der Waals surface area contributed by atoms with Crippen LogP contribution >= 0.6 is 15.9 Å². The number of carbonyl (C=O) groups excluding carboxylic acids is 1. The normalized spacial score (nSPS) is 19.8. The maximum Gasteiger partial charge on any atom is 0.260 e. The predicted molar refractivity (Wildman–Crippen MR) is 88.7 cm³/mol. The fourth-order valence-corrected chi connectivity index (χ4v) is 4.53. The summed E-state index contributed by atoms with van der Waals surface area (Å²) in [5, 5.41) is 0. The van der Waals surface area contributed by atoms with Crippen molar-refractivity contribution in [1.29, 1.82) is 0 Å². The number of halogens is 1. The number of carbonyl (C=O) groups is 1. The van der Waals surface area contributed by atoms with E-state index in [1.807, 2.05) is 19.1 Å². The third-order valence-electron chi connectivity index (χ3n) is 3.61. The number of hydrogen-bond acceptors (Lipinski definition) is 4. The summed E-state index contributed by atoms with van der Waals surface area (Å²) in [6, 6.07) is 7.02. The Kier molecular flexibility index (Phi) is 5.86. The number of amides is 1. The molecule has 0 bridgehead atoms. The molecule has 1 amide bonds. The lowest BCUT2D eigenvalue weighted by Gasteiger charge is -2.27. The van der Waals surface area contributed by atoms with Gasteiger partial charge in [0, 0.05) is 17.1 Å². The summed E-state index contributed by atoms with van der Waals surface area (Å²) in [5.74, 6) is 0.689. The quantitative estimate of drug-likeness (QED) is 0.748. The highest BCUT2D eigenvalue weighted by Gasteiger charge is 2.34. The van der Waals surface area contributed by atoms with Crippen molar-refractivity contribution < 1.29 is 17.9 Å². The van der Waals surface area contributed by atoms with Crippen LogP contribution in [0.25, 0.3) is 0 Å². The summed E-state index contributed by atoms with van der Waals surface area (Å²) in [6.07, 6.45) is 1.31. The highest BCUT2D eigenvalue weighted by atomic mass is 79.9. The number of benzene rings is 1. The SMILES string of the molecule is CCCN(C(=O)COc1ccc(Br)cc1)C1CCS(=O)(=O)C1. The molecule has 1 aliphatic rings. The molecule has 0 aromatic heterocycles. The molecule has 0 N–H and O–H groups in total. The lowest BCUT2D eigenvalue weighted by Crippen LogP contribution is -2.44. The number of sulfone groups is 1. The van der Waals surface area contributed by atoms with E-state index >= 15 is 0 Å². The van der Waals surface area contributed by atoms with E-state index in [9.17, 15) is 13.2 Å². The van der Waals surface area contributed by atoms with Crippen molar-refractivity contribution in [3.63, 3.8) is 0 Å². The largest absolute Gasteiger partial charge is 0.484 e. The van der Waals surface area contributed by atoms with Gasteiger partial charge in [-0.05, 0) is 37.1 Å². The second kappa shape index (κ2) is 7.46. The van der Waals surface area contributed by atoms with Crippen LogP contribution in [0.4, 0.5) is 0 Å². The van der Waals surface area contributed by atoms with Crippen LogP contribution in [0.15, 0.2) is 28.7 Å². The Morgan fingerprint density at radius 1 is 1.36 bits per heavy atom. The van der Waals surface area contributed by atoms with Crippen LogP contribution in [0, 0.1) is 0 Å². The van der Waals surface area contributed by atoms with Crippen molar-refractivity contribution >= 4 is 31.7 Å². The van der Waals surface area contributed by atoms with Gasteiger partial charge in [-0.15, -0.1) is 0 Å². The summed E-state index contributed by atoms with van der Waals surface area (Å²) in [7, 11) is -3.00. The van der Waals surface area contributed by atoms with Crippen molar-refractivity contribution in [3.05, 3.63) is 28.7 Å². The molecule has 1 saturated heterocycles. The van der Waals surface area contributed by atoms with Gasteiger partial charge in [-0.25, -0.2) is 8.42 Å². The summed E-state index contributed by atoms with van der Waals surface area (Å²) < 4.78 is 29.7. The van der Waals surface area contributed by atoms with Gasteiger partial charge in [-0.1, -0.05) is 22.9 Å². The average Bonchev–Trinajstić information content (AvgIpc) is 2.83. The predicted octanol–water partition coefficient (Wildman–Crippen LogP) is 2.25. The molecule has 7 heteroatoms. The summed E-state index contributed by atoms with van der Waals surface area (Å²) >= 11 is 3.34. The first-order valence-corrected chi connectivity index (χ1v) is 9.91. The standard InChI is InChI=1S/C15H20BrNO4S/c1-2-8-17(13-7-9-22(19,20)11-13)15(18)10-21-14-5-3-12(16)4-6-14/h3-6,13H,2,7-11H2,1H3. The van der Waals surface area contributed by atoms with Crippen LogP contribution in [0.1, 0.15) is 19.8 Å². The maximum absolute atomic E-state index is 12.4. The lowest BCUT2D eigenvalue weighted by atomic mass is 10.2. The Morgan fingerprint density at radius 2 is 2.05 bits per heavy atom. The van der Waals surface area contributed by atoms with E-state index < -0.39 is 9.84 Å². The molecule has 1 atom stereocenters. The lowest BCUT2D eigenvalue weighted by molar-refractivity contribution is -0.135. The monoisotopic (exact) mass is 389 g/mol. The Balaban J connectivity index is 1.96. The van der Waals surface area contributed by atoms with Gasteiger partial charge in [0.2, 0.25) is 0 Å². The molecule has 1 unspecified atom stereocenters. The van der Waals surface area contributed by atoms with Crippen LogP contribution in [0.2, 0.25) is 0 Å². The minimum Gasteiger partial charge on any atom is -0.484 e. The van der Waals surface area contributed by atoms with Gasteiger partial charge >= 0.3 is 0 Å². The topological polar surface area (TPSA) is 63.7 Å². The van der Waals surface area contributed by atoms with E-state index in [-0.39, 0.29) is 30.1 Å². The number of nitrogens with zero attached hydrogens (tertiary/aromatic N) is 1. The molecule has 1 heterocycles. The molecular formula is C15H20BrNO4S. The number of ether oxygens (including phenoxy) is 1. The Bertz CT molecular complexity index is 615. The second-order valence-corrected chi connectivity index (χ2v) is 8.53. The molecule has 0 aliphatic carbocycles. The van der Waals surface area contributed by atoms with E-state index in [0.717, 1.165) is 10.9 Å². The highest BCUT2D eigenvalue weighted by molar-refractivity contribution is 9.10. The van der Waals surface area contributed by atoms with Crippen molar-refractivity contribution in [3.8, 4) is 5.75 Å². The van der Waals surface area contributed by atoms with Crippen molar-refractivity contribution in [2.45, 2.75) is 25.8 Å². The van der Waals surface area contributed by atoms with E-state index in [4.69, 9.17) is 4.74 Å². The van der Waals surface area contributed by atoms with E-state index in [1.54, 1.807) is 17.0 Å². The first-order valence-electron chi connectivity index (χ1n) is 7.29. The molecule has 1 aromatic carbocycles. The molecule has 2 rings (SSSR count). The van der Waals surface area contributed by atoms with Crippen LogP contribution in [-0.2, 0) is 14.6 Å². The van der Waals surface area contributed by atoms with Gasteiger partial charge in [0.1, 0.15) is 5.75 Å². The number of rotatable bonds is 6. The van der Waals surface area contributed by atoms with Gasteiger partial charge < -0.3 is 9.64 Å². The zero-order chi connectivity index (χ0) is 16.2. The molecule has 22 heavy (non-hydrogen) atoms. The fraction of sp³-hybridized carbons (Fsp3) is 0.533. The maximum atomic E-state index is 12.4. The fourth-order valence-electron chi connectivity index (χ4n) is 2.53. The van der Waals surface area contributed by atoms with E-state index in [2.05, 4.69) is 15.9 Å². The molecule has 0 spiro atoms. The Labute approximate surface area is 139 Å². The molecule has 1 aromatic rings. The van der Waals surface area contributed by atoms with Gasteiger partial charge in [0.15, 0.2) is 16.4 Å². The summed E-state index contributed by atoms with van der Waals surface area (Å²) in [6.45, 7) is 2.46. The van der Waals surface area contributed by atoms with Gasteiger partial charge in [-0.2, -0.15) is 0 Å². The van der Waals surface area contributed by atoms with Crippen LogP contribution in [-0.4, -0.2) is 49.9 Å². The minimum atomic E-state index is -3.00. The van der Waals surface area contributed by atoms with Crippen LogP contribution in [0.5, 0.6) is 5.75 Å². The number of hydrogen-bond donors (Lipinski definition) is 0. The zero-order valence-electron chi connectivity index (χ0n) is 12.5. The molecule has 1 aliphatic heterocycles. The third-order valence-corrected chi connectivity index (χ3v) is 5.89. The summed E-state index contributed by atoms with van der Waals surface area (Å²) in [5.41, 5.74) is 0. The third kappa shape index (κ3) is 4.71. The molecule has 122 valence electrons. The molecule has 5 nitrogen and oxygen atoms in total. The molecular weight excluding hydrogens is 370 g/mol. The van der Waals surface area contributed by atoms with Crippen molar-refractivity contribution in [2.75, 3.05) is 24.7 Å². The van der Waals surface area contributed by atoms with Gasteiger partial charge in [0.05, 0.1) is 11.5 Å². The zero-order valence-corrected chi connectivity index (χ0v) is 14.9. The highest BCUT2D eigenvalue weighted by Crippen LogP contribution is 2.19. The van der Waals surface area contributed by atoms with Crippen LogP contribution in [0.3, 0.4) is 0 Å². The first-order chi connectivity index (χ1) is 10.4. The Hall–Kier alpha value is -1.08. The van der Waals surface area contributed by atoms with Gasteiger partial charge in [0.25, 0.3) is 5.91 Å².